The molecule has 0 amide bonds. The lowest BCUT2D eigenvalue weighted by Crippen LogP contribution is -2.39. The van der Waals surface area contributed by atoms with Crippen LogP contribution in [0.1, 0.15) is 20.7 Å². The fourth-order valence-electron chi connectivity index (χ4n) is 2.03. The highest BCUT2D eigenvalue weighted by Crippen LogP contribution is 2.25. The summed E-state index contributed by atoms with van der Waals surface area (Å²) in [6.07, 6.45) is 0. The quantitative estimate of drug-likeness (QED) is 0.808. The first-order valence-corrected chi connectivity index (χ1v) is 6.49. The molecule has 110 valence electrons. The van der Waals surface area contributed by atoms with Crippen molar-refractivity contribution in [3.05, 3.63) is 59.7 Å². The van der Waals surface area contributed by atoms with Crippen LogP contribution >= 0.6 is 0 Å². The number of rotatable bonds is 3. The maximum absolute atomic E-state index is 12.1. The summed E-state index contributed by atoms with van der Waals surface area (Å²) in [7, 11) is 0.0132. The normalized spacial score (nSPS) is 12.8. The van der Waals surface area contributed by atoms with Crippen LogP contribution in [0.5, 0.6) is 11.5 Å². The number of hydrogen-bond acceptors (Lipinski definition) is 6. The minimum absolute atomic E-state index is 0.212. The second-order valence-corrected chi connectivity index (χ2v) is 4.41. The van der Waals surface area contributed by atoms with Gasteiger partial charge < -0.3 is 18.7 Å². The highest BCUT2D eigenvalue weighted by Gasteiger charge is 2.40. The molecule has 0 unspecified atom stereocenters. The third-order valence-electron chi connectivity index (χ3n) is 3.06. The van der Waals surface area contributed by atoms with Crippen molar-refractivity contribution >= 4 is 19.3 Å². The van der Waals surface area contributed by atoms with Crippen LogP contribution in [0.25, 0.3) is 0 Å². The van der Waals surface area contributed by atoms with Crippen LogP contribution in [-0.4, -0.2) is 26.4 Å². The van der Waals surface area contributed by atoms with E-state index in [0.29, 0.717) is 11.5 Å². The summed E-state index contributed by atoms with van der Waals surface area (Å²) >= 11 is 0. The number of methoxy groups -OCH3 is 1. The molecular weight excluding hydrogens is 287 g/mol. The van der Waals surface area contributed by atoms with Gasteiger partial charge >= 0.3 is 19.3 Å². The molecule has 0 radical (unpaired) electrons. The lowest BCUT2D eigenvalue weighted by Gasteiger charge is -2.21. The molecular formula is C15H11BO6. The van der Waals surface area contributed by atoms with Crippen molar-refractivity contribution < 1.29 is 28.3 Å². The van der Waals surface area contributed by atoms with E-state index in [1.54, 1.807) is 48.5 Å². The number of ether oxygens (including phenoxy) is 1. The summed E-state index contributed by atoms with van der Waals surface area (Å²) in [4.78, 5) is 24.0. The fraction of sp³-hybridized carbons (Fsp3) is 0.0667. The zero-order valence-electron chi connectivity index (χ0n) is 11.6. The van der Waals surface area contributed by atoms with Crippen molar-refractivity contribution in [2.45, 2.75) is 0 Å². The molecule has 7 heteroatoms. The monoisotopic (exact) mass is 298 g/mol. The van der Waals surface area contributed by atoms with Gasteiger partial charge in [0.05, 0.1) is 18.2 Å². The van der Waals surface area contributed by atoms with E-state index in [9.17, 15) is 9.59 Å². The van der Waals surface area contributed by atoms with E-state index in [1.807, 2.05) is 0 Å². The second-order valence-electron chi connectivity index (χ2n) is 4.41. The van der Waals surface area contributed by atoms with Crippen molar-refractivity contribution in [2.75, 3.05) is 7.11 Å². The molecule has 0 fully saturated rings. The van der Waals surface area contributed by atoms with Gasteiger partial charge in [-0.2, -0.15) is 0 Å². The molecule has 1 aliphatic heterocycles. The third-order valence-corrected chi connectivity index (χ3v) is 3.06. The van der Waals surface area contributed by atoms with Crippen molar-refractivity contribution in [3.63, 3.8) is 0 Å². The molecule has 0 saturated carbocycles. The number of carbonyl (C=O) groups excluding carboxylic acids is 2. The summed E-state index contributed by atoms with van der Waals surface area (Å²) in [5, 5.41) is 0. The topological polar surface area (TPSA) is 71.1 Å². The van der Waals surface area contributed by atoms with Gasteiger partial charge in [-0.05, 0) is 24.3 Å². The second kappa shape index (κ2) is 5.81. The van der Waals surface area contributed by atoms with Gasteiger partial charge in [0.25, 0.3) is 0 Å². The molecule has 1 heterocycles. The van der Waals surface area contributed by atoms with E-state index < -0.39 is 19.3 Å². The number of hydrogen-bond donors (Lipinski definition) is 0. The maximum atomic E-state index is 12.1. The van der Waals surface area contributed by atoms with Gasteiger partial charge in [-0.15, -0.1) is 0 Å². The maximum Gasteiger partial charge on any atom is 0.868 e. The minimum atomic E-state index is -1.43. The highest BCUT2D eigenvalue weighted by atomic mass is 16.8. The molecule has 0 aliphatic carbocycles. The van der Waals surface area contributed by atoms with Gasteiger partial charge in [0.15, 0.2) is 0 Å². The Balaban J connectivity index is 1.77. The first-order valence-electron chi connectivity index (χ1n) is 6.49. The predicted molar refractivity (Wildman–Crippen MR) is 76.6 cm³/mol. The lowest BCUT2D eigenvalue weighted by molar-refractivity contribution is 0.0495. The Hall–Kier alpha value is -2.96. The number of fused-ring (bicyclic) bond motifs is 1. The Morgan fingerprint density at radius 1 is 1.05 bits per heavy atom. The van der Waals surface area contributed by atoms with Crippen LogP contribution in [0.15, 0.2) is 48.5 Å². The van der Waals surface area contributed by atoms with Crippen molar-refractivity contribution in [1.29, 1.82) is 0 Å². The van der Waals surface area contributed by atoms with Crippen molar-refractivity contribution in [3.8, 4) is 11.5 Å². The smallest absolute Gasteiger partial charge is 0.496 e. The van der Waals surface area contributed by atoms with Crippen molar-refractivity contribution in [2.24, 2.45) is 0 Å². The molecule has 3 rings (SSSR count). The van der Waals surface area contributed by atoms with Gasteiger partial charge in [-0.3, -0.25) is 0 Å². The Labute approximate surface area is 126 Å². The average molecular weight is 298 g/mol. The van der Waals surface area contributed by atoms with Crippen molar-refractivity contribution in [1.82, 2.24) is 0 Å². The Kier molecular flexibility index (Phi) is 3.70. The van der Waals surface area contributed by atoms with E-state index in [-0.39, 0.29) is 11.1 Å². The van der Waals surface area contributed by atoms with Crippen LogP contribution in [0.4, 0.5) is 0 Å². The van der Waals surface area contributed by atoms with Gasteiger partial charge in [0.1, 0.15) is 11.5 Å². The molecule has 0 bridgehead atoms. The molecule has 6 nitrogen and oxygen atoms in total. The zero-order chi connectivity index (χ0) is 15.5. The van der Waals surface area contributed by atoms with E-state index in [0.717, 1.165) is 0 Å². The fourth-order valence-corrected chi connectivity index (χ4v) is 2.03. The number of para-hydroxylation sites is 2. The zero-order valence-corrected chi connectivity index (χ0v) is 11.6. The summed E-state index contributed by atoms with van der Waals surface area (Å²) in [5.74, 6) is -0.666. The highest BCUT2D eigenvalue weighted by molar-refractivity contribution is 6.45. The van der Waals surface area contributed by atoms with Gasteiger partial charge in [0, 0.05) is 0 Å². The largest absolute Gasteiger partial charge is 0.868 e. The Morgan fingerprint density at radius 2 is 1.77 bits per heavy atom. The minimum Gasteiger partial charge on any atom is -0.496 e. The Bertz CT molecular complexity index is 729. The first-order chi connectivity index (χ1) is 10.7. The van der Waals surface area contributed by atoms with Crippen LogP contribution in [0.2, 0.25) is 0 Å². The molecule has 0 spiro atoms. The lowest BCUT2D eigenvalue weighted by atomic mass is 10.1. The van der Waals surface area contributed by atoms with Crippen LogP contribution in [0, 0.1) is 0 Å². The predicted octanol–water partition coefficient (Wildman–Crippen LogP) is 2.09. The summed E-state index contributed by atoms with van der Waals surface area (Å²) in [6, 6.07) is 13.1. The van der Waals surface area contributed by atoms with Gasteiger partial charge in [-0.1, -0.05) is 24.3 Å². The SMILES string of the molecule is COc1ccccc1C(=O)OB1OC(=O)c2ccccc2O1. The van der Waals surface area contributed by atoms with Gasteiger partial charge in [0.2, 0.25) is 0 Å². The summed E-state index contributed by atoms with van der Waals surface area (Å²) in [6.45, 7) is 0. The van der Waals surface area contributed by atoms with E-state index in [1.165, 1.54) is 7.11 Å². The van der Waals surface area contributed by atoms with Crippen LogP contribution < -0.4 is 9.39 Å². The molecule has 1 aliphatic rings. The Morgan fingerprint density at radius 3 is 2.59 bits per heavy atom. The molecule has 0 atom stereocenters. The molecule has 22 heavy (non-hydrogen) atoms. The van der Waals surface area contributed by atoms with Crippen LogP contribution in [0.3, 0.4) is 0 Å². The molecule has 0 N–H and O–H groups in total. The van der Waals surface area contributed by atoms with E-state index >= 15 is 0 Å². The third kappa shape index (κ3) is 2.60. The number of benzene rings is 2. The van der Waals surface area contributed by atoms with E-state index in [2.05, 4.69) is 0 Å². The summed E-state index contributed by atoms with van der Waals surface area (Å²) in [5.41, 5.74) is 0.496. The van der Waals surface area contributed by atoms with Gasteiger partial charge in [-0.25, -0.2) is 9.59 Å². The average Bonchev–Trinajstić information content (AvgIpc) is 2.55. The van der Waals surface area contributed by atoms with Crippen LogP contribution in [-0.2, 0) is 9.31 Å². The van der Waals surface area contributed by atoms with E-state index in [4.69, 9.17) is 18.7 Å². The number of carbonyl (C=O) groups is 2. The molecule has 2 aromatic carbocycles. The molecule has 2 aromatic rings. The molecule has 0 saturated heterocycles. The summed E-state index contributed by atoms with van der Waals surface area (Å²) < 4.78 is 20.4. The standard InChI is InChI=1S/C15H11BO6/c1-19-12-8-4-2-6-10(12)14(17)21-16-20-13-9-5-3-7-11(13)15(18)22-16/h2-9H,1H3. The first kappa shape index (κ1) is 14.0. The molecule has 0 aromatic heterocycles.